The normalized spacial score (nSPS) is 38.2. The molecule has 0 radical (unpaired) electrons. The molecule has 0 aromatic carbocycles. The summed E-state index contributed by atoms with van der Waals surface area (Å²) in [6.45, 7) is 11.3. The molecule has 0 bridgehead atoms. The smallest absolute Gasteiger partial charge is 0.0347 e. The third kappa shape index (κ3) is 3.03. The van der Waals surface area contributed by atoms with Gasteiger partial charge in [0, 0.05) is 57.4 Å². The molecule has 3 atom stereocenters. The number of fused-ring (bicyclic) bond motifs is 1. The molecule has 0 amide bonds. The van der Waals surface area contributed by atoms with Gasteiger partial charge in [0.2, 0.25) is 0 Å². The lowest BCUT2D eigenvalue weighted by Gasteiger charge is -2.47. The van der Waals surface area contributed by atoms with Crippen molar-refractivity contribution in [1.29, 1.82) is 0 Å². The maximum Gasteiger partial charge on any atom is 0.0347 e. The summed E-state index contributed by atoms with van der Waals surface area (Å²) in [5.41, 5.74) is 0. The lowest BCUT2D eigenvalue weighted by molar-refractivity contribution is 0.0133. The highest BCUT2D eigenvalue weighted by molar-refractivity contribution is 4.94. The second kappa shape index (κ2) is 6.30. The first-order valence-corrected chi connectivity index (χ1v) is 8.54. The van der Waals surface area contributed by atoms with Gasteiger partial charge in [0.25, 0.3) is 0 Å². The van der Waals surface area contributed by atoms with Crippen molar-refractivity contribution in [3.8, 4) is 0 Å². The highest BCUT2D eigenvalue weighted by atomic mass is 15.3. The summed E-state index contributed by atoms with van der Waals surface area (Å²) in [6.07, 6.45) is 4.14. The van der Waals surface area contributed by atoms with E-state index in [0.29, 0.717) is 0 Å². The van der Waals surface area contributed by atoms with Crippen LogP contribution in [-0.2, 0) is 0 Å². The first kappa shape index (κ1) is 14.8. The first-order chi connectivity index (χ1) is 9.67. The molecule has 116 valence electrons. The van der Waals surface area contributed by atoms with Gasteiger partial charge in [0.1, 0.15) is 0 Å². The van der Waals surface area contributed by atoms with Crippen LogP contribution in [-0.4, -0.2) is 97.6 Å². The van der Waals surface area contributed by atoms with Gasteiger partial charge in [-0.1, -0.05) is 6.92 Å². The summed E-state index contributed by atoms with van der Waals surface area (Å²) in [4.78, 5) is 10.6. The summed E-state index contributed by atoms with van der Waals surface area (Å²) >= 11 is 0. The van der Waals surface area contributed by atoms with Gasteiger partial charge >= 0.3 is 0 Å². The van der Waals surface area contributed by atoms with Gasteiger partial charge in [0.05, 0.1) is 0 Å². The maximum absolute atomic E-state index is 2.81. The van der Waals surface area contributed by atoms with Crippen LogP contribution in [0, 0.1) is 0 Å². The van der Waals surface area contributed by atoms with E-state index in [2.05, 4.69) is 40.6 Å². The van der Waals surface area contributed by atoms with Crippen molar-refractivity contribution in [3.05, 3.63) is 0 Å². The molecule has 4 nitrogen and oxygen atoms in total. The molecule has 3 fully saturated rings. The molecule has 0 aromatic rings. The molecule has 3 heterocycles. The van der Waals surface area contributed by atoms with Gasteiger partial charge in [-0.05, 0) is 39.9 Å². The van der Waals surface area contributed by atoms with Crippen LogP contribution in [0.4, 0.5) is 0 Å². The van der Waals surface area contributed by atoms with Crippen LogP contribution in [0.5, 0.6) is 0 Å². The van der Waals surface area contributed by atoms with Crippen LogP contribution in [0.3, 0.4) is 0 Å². The molecule has 0 spiro atoms. The zero-order valence-corrected chi connectivity index (χ0v) is 13.6. The zero-order chi connectivity index (χ0) is 14.1. The maximum atomic E-state index is 2.81. The van der Waals surface area contributed by atoms with Crippen molar-refractivity contribution in [3.63, 3.8) is 0 Å². The number of likely N-dealkylation sites (N-methyl/N-ethyl adjacent to an activating group) is 2. The Hall–Kier alpha value is -0.160. The molecule has 3 aliphatic rings. The number of rotatable bonds is 3. The molecular weight excluding hydrogens is 248 g/mol. The Labute approximate surface area is 124 Å². The predicted octanol–water partition coefficient (Wildman–Crippen LogP) is 0.791. The number of piperazine rings is 2. The summed E-state index contributed by atoms with van der Waals surface area (Å²) in [7, 11) is 4.58. The predicted molar refractivity (Wildman–Crippen MR) is 84.2 cm³/mol. The van der Waals surface area contributed by atoms with E-state index in [1.165, 1.54) is 65.1 Å². The Balaban J connectivity index is 1.62. The first-order valence-electron chi connectivity index (χ1n) is 8.54. The topological polar surface area (TPSA) is 13.0 Å². The summed E-state index contributed by atoms with van der Waals surface area (Å²) in [6, 6.07) is 2.35. The minimum absolute atomic E-state index is 0.718. The molecule has 3 aliphatic heterocycles. The average Bonchev–Trinajstić information content (AvgIpc) is 2.89. The van der Waals surface area contributed by atoms with Crippen molar-refractivity contribution in [2.24, 2.45) is 0 Å². The van der Waals surface area contributed by atoms with Crippen molar-refractivity contribution < 1.29 is 0 Å². The monoisotopic (exact) mass is 280 g/mol. The van der Waals surface area contributed by atoms with E-state index in [1.807, 2.05) is 0 Å². The fourth-order valence-corrected chi connectivity index (χ4v) is 4.33. The van der Waals surface area contributed by atoms with Crippen LogP contribution in [0.1, 0.15) is 26.2 Å². The minimum Gasteiger partial charge on any atom is -0.303 e. The Morgan fingerprint density at radius 1 is 0.950 bits per heavy atom. The molecule has 3 saturated heterocycles. The quantitative estimate of drug-likeness (QED) is 0.758. The molecule has 0 saturated carbocycles. The van der Waals surface area contributed by atoms with Crippen molar-refractivity contribution in [2.75, 3.05) is 59.9 Å². The molecule has 20 heavy (non-hydrogen) atoms. The average molecular weight is 280 g/mol. The third-order valence-electron chi connectivity index (χ3n) is 5.80. The van der Waals surface area contributed by atoms with Gasteiger partial charge in [0.15, 0.2) is 0 Å². The van der Waals surface area contributed by atoms with Gasteiger partial charge in [-0.2, -0.15) is 0 Å². The Morgan fingerprint density at radius 3 is 2.60 bits per heavy atom. The standard InChI is InChI=1S/C16H32N4/c1-4-14-11-19-7-5-6-15(19)12-20(14)13-16-10-17(2)8-9-18(16)3/h14-16H,4-13H2,1-3H3. The number of hydrogen-bond acceptors (Lipinski definition) is 4. The van der Waals surface area contributed by atoms with Gasteiger partial charge in [-0.3, -0.25) is 14.7 Å². The van der Waals surface area contributed by atoms with E-state index in [-0.39, 0.29) is 0 Å². The lowest BCUT2D eigenvalue weighted by atomic mass is 10.0. The van der Waals surface area contributed by atoms with Gasteiger partial charge in [-0.25, -0.2) is 0 Å². The molecule has 3 rings (SSSR count). The van der Waals surface area contributed by atoms with E-state index in [9.17, 15) is 0 Å². The van der Waals surface area contributed by atoms with Gasteiger partial charge < -0.3 is 4.90 Å². The largest absolute Gasteiger partial charge is 0.303 e. The molecule has 0 aliphatic carbocycles. The zero-order valence-electron chi connectivity index (χ0n) is 13.6. The van der Waals surface area contributed by atoms with Crippen LogP contribution in [0.2, 0.25) is 0 Å². The van der Waals surface area contributed by atoms with Crippen LogP contribution >= 0.6 is 0 Å². The van der Waals surface area contributed by atoms with E-state index >= 15 is 0 Å². The fraction of sp³-hybridized carbons (Fsp3) is 1.00. The second-order valence-electron chi connectivity index (χ2n) is 7.20. The third-order valence-corrected chi connectivity index (χ3v) is 5.80. The van der Waals surface area contributed by atoms with Crippen molar-refractivity contribution in [2.45, 2.75) is 44.3 Å². The Morgan fingerprint density at radius 2 is 1.80 bits per heavy atom. The molecule has 0 aromatic heterocycles. The van der Waals surface area contributed by atoms with Crippen molar-refractivity contribution >= 4 is 0 Å². The highest BCUT2D eigenvalue weighted by Crippen LogP contribution is 2.26. The minimum atomic E-state index is 0.718. The molecular formula is C16H32N4. The van der Waals surface area contributed by atoms with E-state index in [4.69, 9.17) is 0 Å². The molecule has 4 heteroatoms. The molecule has 3 unspecified atom stereocenters. The van der Waals surface area contributed by atoms with Gasteiger partial charge in [-0.15, -0.1) is 0 Å². The van der Waals surface area contributed by atoms with E-state index in [1.54, 1.807) is 0 Å². The van der Waals surface area contributed by atoms with Crippen molar-refractivity contribution in [1.82, 2.24) is 19.6 Å². The second-order valence-corrected chi connectivity index (χ2v) is 7.20. The van der Waals surface area contributed by atoms with E-state index < -0.39 is 0 Å². The molecule has 0 N–H and O–H groups in total. The Kier molecular flexibility index (Phi) is 4.65. The lowest BCUT2D eigenvalue weighted by Crippen LogP contribution is -2.61. The SMILES string of the molecule is CCC1CN2CCCC2CN1CC1CN(C)CCN1C. The summed E-state index contributed by atoms with van der Waals surface area (Å²) in [5.74, 6) is 0. The number of hydrogen-bond donors (Lipinski definition) is 0. The summed E-state index contributed by atoms with van der Waals surface area (Å²) in [5, 5.41) is 0. The Bertz CT molecular complexity index is 322. The summed E-state index contributed by atoms with van der Waals surface area (Å²) < 4.78 is 0. The highest BCUT2D eigenvalue weighted by Gasteiger charge is 2.37. The fourth-order valence-electron chi connectivity index (χ4n) is 4.33. The number of nitrogens with zero attached hydrogens (tertiary/aromatic N) is 4. The van der Waals surface area contributed by atoms with Crippen LogP contribution in [0.25, 0.3) is 0 Å². The van der Waals surface area contributed by atoms with E-state index in [0.717, 1.165) is 18.1 Å². The van der Waals surface area contributed by atoms with Crippen LogP contribution < -0.4 is 0 Å². The van der Waals surface area contributed by atoms with Crippen LogP contribution in [0.15, 0.2) is 0 Å².